The van der Waals surface area contributed by atoms with Crippen LogP contribution in [0.1, 0.15) is 30.8 Å². The molecule has 1 aromatic heterocycles. The standard InChI is InChI=1S/C25H33N5O6.C2H6/c1-26-19-7-5-18(6-8-19)11-22-14-29(16-24(33)34)10-9-28(15-23(31)32)12-20-3-2-4-21(27-20)13-30(22)17-25(35)36;1-2/h2-8,22,26H,9-17H2,1H3,(H,31,32)(H,33,34)(H,35,36);1-2H3. The molecule has 38 heavy (non-hydrogen) atoms. The van der Waals surface area contributed by atoms with E-state index in [-0.39, 0.29) is 32.2 Å². The summed E-state index contributed by atoms with van der Waals surface area (Å²) < 4.78 is 0. The molecule has 1 aromatic carbocycles. The van der Waals surface area contributed by atoms with Crippen LogP contribution in [0.2, 0.25) is 0 Å². The molecule has 11 nitrogen and oxygen atoms in total. The van der Waals surface area contributed by atoms with Gasteiger partial charge >= 0.3 is 17.9 Å². The van der Waals surface area contributed by atoms with Gasteiger partial charge in [-0.2, -0.15) is 0 Å². The Morgan fingerprint density at radius 2 is 1.39 bits per heavy atom. The minimum atomic E-state index is -0.999. The average molecular weight is 530 g/mol. The number of hydrogen-bond acceptors (Lipinski definition) is 8. The van der Waals surface area contributed by atoms with Gasteiger partial charge in [0.2, 0.25) is 0 Å². The molecule has 1 aliphatic rings. The molecular formula is C27H39N5O6. The van der Waals surface area contributed by atoms with Gasteiger partial charge < -0.3 is 20.6 Å². The van der Waals surface area contributed by atoms with Gasteiger partial charge in [0, 0.05) is 51.5 Å². The summed E-state index contributed by atoms with van der Waals surface area (Å²) in [5, 5.41) is 31.7. The lowest BCUT2D eigenvalue weighted by atomic mass is 10.0. The van der Waals surface area contributed by atoms with E-state index >= 15 is 0 Å². The number of aliphatic carboxylic acids is 3. The van der Waals surface area contributed by atoms with Crippen molar-refractivity contribution in [2.45, 2.75) is 39.4 Å². The summed E-state index contributed by atoms with van der Waals surface area (Å²) >= 11 is 0. The van der Waals surface area contributed by atoms with Crippen molar-refractivity contribution in [3.8, 4) is 0 Å². The van der Waals surface area contributed by atoms with Crippen molar-refractivity contribution < 1.29 is 29.7 Å². The van der Waals surface area contributed by atoms with E-state index in [0.717, 1.165) is 11.3 Å². The molecular weight excluding hydrogens is 490 g/mol. The number of benzene rings is 1. The van der Waals surface area contributed by atoms with Crippen LogP contribution in [0.25, 0.3) is 0 Å². The predicted octanol–water partition coefficient (Wildman–Crippen LogP) is 1.93. The Kier molecular flexibility index (Phi) is 12.6. The Hall–Kier alpha value is -3.54. The predicted molar refractivity (Wildman–Crippen MR) is 144 cm³/mol. The maximum Gasteiger partial charge on any atom is 0.317 e. The smallest absolute Gasteiger partial charge is 0.317 e. The largest absolute Gasteiger partial charge is 0.480 e. The Bertz CT molecular complexity index is 1050. The van der Waals surface area contributed by atoms with Crippen molar-refractivity contribution in [3.05, 3.63) is 59.4 Å². The lowest BCUT2D eigenvalue weighted by Crippen LogP contribution is -2.50. The molecule has 4 N–H and O–H groups in total. The normalized spacial score (nSPS) is 17.3. The molecule has 0 spiro atoms. The average Bonchev–Trinajstić information content (AvgIpc) is 2.87. The van der Waals surface area contributed by atoms with Crippen LogP contribution in [0.15, 0.2) is 42.5 Å². The zero-order valence-corrected chi connectivity index (χ0v) is 22.3. The highest BCUT2D eigenvalue weighted by Crippen LogP contribution is 2.18. The van der Waals surface area contributed by atoms with E-state index in [0.29, 0.717) is 44.0 Å². The van der Waals surface area contributed by atoms with Crippen LogP contribution in [-0.4, -0.2) is 105 Å². The first kappa shape index (κ1) is 30.7. The monoisotopic (exact) mass is 529 g/mol. The fourth-order valence-corrected chi connectivity index (χ4v) is 4.43. The van der Waals surface area contributed by atoms with Crippen LogP contribution in [-0.2, 0) is 33.9 Å². The van der Waals surface area contributed by atoms with Gasteiger partial charge in [0.1, 0.15) is 0 Å². The third kappa shape index (κ3) is 10.4. The zero-order chi connectivity index (χ0) is 28.1. The number of carbonyl (C=O) groups is 3. The van der Waals surface area contributed by atoms with Crippen molar-refractivity contribution >= 4 is 23.6 Å². The fourth-order valence-electron chi connectivity index (χ4n) is 4.43. The van der Waals surface area contributed by atoms with E-state index in [1.54, 1.807) is 9.80 Å². The Morgan fingerprint density at radius 3 is 1.97 bits per heavy atom. The van der Waals surface area contributed by atoms with Gasteiger partial charge in [-0.1, -0.05) is 32.0 Å². The molecule has 0 saturated heterocycles. The molecule has 3 rings (SSSR count). The Labute approximate surface area is 223 Å². The van der Waals surface area contributed by atoms with Gasteiger partial charge in [0.05, 0.1) is 31.0 Å². The molecule has 1 unspecified atom stereocenters. The van der Waals surface area contributed by atoms with Crippen molar-refractivity contribution in [2.24, 2.45) is 0 Å². The number of nitrogens with zero attached hydrogens (tertiary/aromatic N) is 4. The third-order valence-corrected chi connectivity index (χ3v) is 6.10. The quantitative estimate of drug-likeness (QED) is 0.378. The van der Waals surface area contributed by atoms with E-state index in [1.165, 1.54) is 0 Å². The Balaban J connectivity index is 0.00000247. The molecule has 0 fully saturated rings. The number of pyridine rings is 1. The second-order valence-electron chi connectivity index (χ2n) is 8.96. The zero-order valence-electron chi connectivity index (χ0n) is 22.3. The van der Waals surface area contributed by atoms with Crippen LogP contribution < -0.4 is 5.32 Å². The first-order valence-electron chi connectivity index (χ1n) is 12.8. The van der Waals surface area contributed by atoms with Crippen molar-refractivity contribution in [2.75, 3.05) is 51.6 Å². The molecule has 1 aliphatic heterocycles. The van der Waals surface area contributed by atoms with E-state index in [2.05, 4.69) is 10.3 Å². The van der Waals surface area contributed by atoms with Crippen LogP contribution >= 0.6 is 0 Å². The van der Waals surface area contributed by atoms with Crippen LogP contribution in [0.3, 0.4) is 0 Å². The number of rotatable bonds is 9. The molecule has 0 radical (unpaired) electrons. The minimum absolute atomic E-state index is 0.195. The van der Waals surface area contributed by atoms with Gasteiger partial charge in [-0.05, 0) is 36.2 Å². The minimum Gasteiger partial charge on any atom is -0.480 e. The summed E-state index contributed by atoms with van der Waals surface area (Å²) in [7, 11) is 1.83. The van der Waals surface area contributed by atoms with Crippen molar-refractivity contribution in [1.82, 2.24) is 19.7 Å². The maximum atomic E-state index is 11.8. The molecule has 2 heterocycles. The Morgan fingerprint density at radius 1 is 0.842 bits per heavy atom. The molecule has 0 amide bonds. The summed E-state index contributed by atoms with van der Waals surface area (Å²) in [5.41, 5.74) is 3.29. The van der Waals surface area contributed by atoms with E-state index in [9.17, 15) is 29.7 Å². The number of hydrogen-bond donors (Lipinski definition) is 4. The maximum absolute atomic E-state index is 11.8. The molecule has 11 heteroatoms. The summed E-state index contributed by atoms with van der Waals surface area (Å²) in [6.45, 7) is 4.84. The van der Waals surface area contributed by atoms with Gasteiger partial charge in [-0.3, -0.25) is 34.1 Å². The first-order chi connectivity index (χ1) is 18.2. The number of carboxylic acids is 3. The highest BCUT2D eigenvalue weighted by atomic mass is 16.4. The number of carboxylic acid groups (broad SMARTS) is 3. The second kappa shape index (κ2) is 15.7. The van der Waals surface area contributed by atoms with E-state index in [1.807, 2.05) is 68.3 Å². The number of anilines is 1. The van der Waals surface area contributed by atoms with Gasteiger partial charge in [-0.25, -0.2) is 0 Å². The summed E-state index contributed by atoms with van der Waals surface area (Å²) in [5.74, 6) is -2.95. The molecule has 208 valence electrons. The third-order valence-electron chi connectivity index (χ3n) is 6.10. The summed E-state index contributed by atoms with van der Waals surface area (Å²) in [4.78, 5) is 44.9. The molecule has 2 bridgehead atoms. The van der Waals surface area contributed by atoms with Crippen LogP contribution in [0.4, 0.5) is 5.69 Å². The molecule has 0 saturated carbocycles. The van der Waals surface area contributed by atoms with Crippen molar-refractivity contribution in [3.63, 3.8) is 0 Å². The van der Waals surface area contributed by atoms with Crippen LogP contribution in [0, 0.1) is 0 Å². The first-order valence-corrected chi connectivity index (χ1v) is 12.8. The highest BCUT2D eigenvalue weighted by Gasteiger charge is 2.27. The van der Waals surface area contributed by atoms with Gasteiger partial charge in [0.15, 0.2) is 0 Å². The summed E-state index contributed by atoms with van der Waals surface area (Å²) in [6.07, 6.45) is 0.506. The SMILES string of the molecule is CC.CNc1ccc(CC2CN(CC(=O)O)CCN(CC(=O)O)Cc3cccc(n3)CN2CC(=O)O)cc1. The fraction of sp³-hybridized carbons (Fsp3) is 0.481. The lowest BCUT2D eigenvalue weighted by molar-refractivity contribution is -0.141. The lowest BCUT2D eigenvalue weighted by Gasteiger charge is -2.36. The van der Waals surface area contributed by atoms with Crippen molar-refractivity contribution in [1.29, 1.82) is 0 Å². The number of nitrogens with one attached hydrogen (secondary N) is 1. The van der Waals surface area contributed by atoms with E-state index < -0.39 is 17.9 Å². The number of fused-ring (bicyclic) bond motifs is 2. The van der Waals surface area contributed by atoms with Gasteiger partial charge in [0.25, 0.3) is 0 Å². The molecule has 0 aliphatic carbocycles. The summed E-state index contributed by atoms with van der Waals surface area (Å²) in [6, 6.07) is 13.0. The van der Waals surface area contributed by atoms with Crippen LogP contribution in [0.5, 0.6) is 0 Å². The van der Waals surface area contributed by atoms with E-state index in [4.69, 9.17) is 0 Å². The van der Waals surface area contributed by atoms with Gasteiger partial charge in [-0.15, -0.1) is 0 Å². The highest BCUT2D eigenvalue weighted by molar-refractivity contribution is 5.70. The molecule has 1 atom stereocenters. The topological polar surface area (TPSA) is 147 Å². The molecule has 2 aromatic rings. The number of aromatic nitrogens is 1. The second-order valence-corrected chi connectivity index (χ2v) is 8.96.